The van der Waals surface area contributed by atoms with Crippen LogP contribution in [0.4, 0.5) is 0 Å². The summed E-state index contributed by atoms with van der Waals surface area (Å²) < 4.78 is 17.6. The Hall–Kier alpha value is -3.32. The van der Waals surface area contributed by atoms with Gasteiger partial charge in [0.05, 0.1) is 17.8 Å². The number of benzene rings is 3. The fraction of sp³-hybridized carbons (Fsp3) is 0.167. The average molecular weight is 483 g/mol. The lowest BCUT2D eigenvalue weighted by Crippen LogP contribution is -2.24. The van der Waals surface area contributed by atoms with Crippen LogP contribution in [0.2, 0.25) is 0 Å². The molecule has 3 aromatic rings. The van der Waals surface area contributed by atoms with Gasteiger partial charge in [0.2, 0.25) is 0 Å². The molecule has 3 rings (SSSR count). The summed E-state index contributed by atoms with van der Waals surface area (Å²) >= 11 is 3.52. The molecule has 1 amide bonds. The number of halogens is 1. The highest BCUT2D eigenvalue weighted by molar-refractivity contribution is 9.10. The van der Waals surface area contributed by atoms with Crippen molar-refractivity contribution in [1.29, 1.82) is 0 Å². The van der Waals surface area contributed by atoms with Crippen molar-refractivity contribution < 1.29 is 19.0 Å². The third-order valence-electron chi connectivity index (χ3n) is 4.33. The van der Waals surface area contributed by atoms with Gasteiger partial charge in [0.1, 0.15) is 12.4 Å². The van der Waals surface area contributed by atoms with Crippen molar-refractivity contribution in [3.63, 3.8) is 0 Å². The summed E-state index contributed by atoms with van der Waals surface area (Å²) in [5.41, 5.74) is 5.21. The second kappa shape index (κ2) is 11.2. The number of amides is 1. The maximum Gasteiger partial charge on any atom is 0.277 e. The van der Waals surface area contributed by atoms with Crippen molar-refractivity contribution in [3.05, 3.63) is 87.9 Å². The quantitative estimate of drug-likeness (QED) is 0.348. The van der Waals surface area contributed by atoms with Gasteiger partial charge in [-0.15, -0.1) is 0 Å². The Morgan fingerprint density at radius 2 is 1.77 bits per heavy atom. The zero-order valence-corrected chi connectivity index (χ0v) is 18.9. The molecule has 0 aliphatic rings. The van der Waals surface area contributed by atoms with E-state index in [1.54, 1.807) is 13.2 Å². The fourth-order valence-electron chi connectivity index (χ4n) is 2.76. The van der Waals surface area contributed by atoms with Crippen LogP contribution in [0.1, 0.15) is 16.7 Å². The van der Waals surface area contributed by atoms with Crippen LogP contribution in [0, 0.1) is 6.92 Å². The molecule has 0 saturated heterocycles. The number of para-hydroxylation sites is 1. The molecule has 0 unspecified atom stereocenters. The normalized spacial score (nSPS) is 10.7. The largest absolute Gasteiger partial charge is 0.493 e. The van der Waals surface area contributed by atoms with Crippen LogP contribution in [-0.2, 0) is 11.4 Å². The lowest BCUT2D eigenvalue weighted by Gasteiger charge is -2.13. The van der Waals surface area contributed by atoms with Gasteiger partial charge in [-0.05, 0) is 57.7 Å². The first-order valence-electron chi connectivity index (χ1n) is 9.61. The minimum absolute atomic E-state index is 0.124. The van der Waals surface area contributed by atoms with E-state index in [1.165, 1.54) is 6.21 Å². The summed E-state index contributed by atoms with van der Waals surface area (Å²) in [5, 5.41) is 3.99. The summed E-state index contributed by atoms with van der Waals surface area (Å²) in [5.74, 6) is 1.47. The SMILES string of the molecule is COc1cc(/C=N/NC(=O)COc2ccccc2C)cc(Br)c1OCc1ccccc1. The number of methoxy groups -OCH3 is 1. The second-order valence-corrected chi connectivity index (χ2v) is 7.51. The molecule has 160 valence electrons. The number of aryl methyl sites for hydroxylation is 1. The molecule has 0 bridgehead atoms. The molecule has 0 spiro atoms. The fourth-order valence-corrected chi connectivity index (χ4v) is 3.33. The predicted molar refractivity (Wildman–Crippen MR) is 124 cm³/mol. The van der Waals surface area contributed by atoms with Gasteiger partial charge < -0.3 is 14.2 Å². The van der Waals surface area contributed by atoms with E-state index in [4.69, 9.17) is 14.2 Å². The molecule has 0 aliphatic carbocycles. The molecule has 0 aromatic heterocycles. The highest BCUT2D eigenvalue weighted by atomic mass is 79.9. The first-order chi connectivity index (χ1) is 15.1. The van der Waals surface area contributed by atoms with Crippen molar-refractivity contribution in [2.75, 3.05) is 13.7 Å². The van der Waals surface area contributed by atoms with Crippen molar-refractivity contribution in [3.8, 4) is 17.2 Å². The Bertz CT molecular complexity index is 1050. The highest BCUT2D eigenvalue weighted by Gasteiger charge is 2.12. The average Bonchev–Trinajstić information content (AvgIpc) is 2.78. The van der Waals surface area contributed by atoms with Crippen molar-refractivity contribution in [2.24, 2.45) is 5.10 Å². The van der Waals surface area contributed by atoms with Gasteiger partial charge in [-0.25, -0.2) is 5.43 Å². The number of carbonyl (C=O) groups is 1. The Labute approximate surface area is 190 Å². The molecule has 0 radical (unpaired) electrons. The van der Waals surface area contributed by atoms with Crippen LogP contribution in [0.5, 0.6) is 17.2 Å². The zero-order valence-electron chi connectivity index (χ0n) is 17.3. The number of carbonyl (C=O) groups excluding carboxylic acids is 1. The number of ether oxygens (including phenoxy) is 3. The van der Waals surface area contributed by atoms with E-state index in [-0.39, 0.29) is 12.5 Å². The van der Waals surface area contributed by atoms with Crippen molar-refractivity contribution in [2.45, 2.75) is 13.5 Å². The summed E-state index contributed by atoms with van der Waals surface area (Å²) in [4.78, 5) is 12.0. The Kier molecular flexibility index (Phi) is 8.06. The molecular formula is C24H23BrN2O4. The van der Waals surface area contributed by atoms with E-state index in [0.29, 0.717) is 23.9 Å². The van der Waals surface area contributed by atoms with Crippen LogP contribution >= 0.6 is 15.9 Å². The Balaban J connectivity index is 1.58. The van der Waals surface area contributed by atoms with Crippen LogP contribution in [-0.4, -0.2) is 25.8 Å². The van der Waals surface area contributed by atoms with Crippen LogP contribution in [0.25, 0.3) is 0 Å². The highest BCUT2D eigenvalue weighted by Crippen LogP contribution is 2.36. The molecular weight excluding hydrogens is 460 g/mol. The van der Waals surface area contributed by atoms with E-state index in [9.17, 15) is 4.79 Å². The van der Waals surface area contributed by atoms with Gasteiger partial charge >= 0.3 is 0 Å². The van der Waals surface area contributed by atoms with E-state index >= 15 is 0 Å². The van der Waals surface area contributed by atoms with Crippen LogP contribution in [0.15, 0.2) is 76.3 Å². The van der Waals surface area contributed by atoms with E-state index in [0.717, 1.165) is 21.2 Å². The molecule has 7 heteroatoms. The molecule has 3 aromatic carbocycles. The maximum absolute atomic E-state index is 12.0. The van der Waals surface area contributed by atoms with Gasteiger partial charge in [-0.3, -0.25) is 4.79 Å². The van der Waals surface area contributed by atoms with E-state index < -0.39 is 0 Å². The van der Waals surface area contributed by atoms with Gasteiger partial charge in [0.15, 0.2) is 18.1 Å². The first kappa shape index (κ1) is 22.4. The summed E-state index contributed by atoms with van der Waals surface area (Å²) in [6.45, 7) is 2.21. The number of nitrogens with one attached hydrogen (secondary N) is 1. The molecule has 0 fully saturated rings. The number of hydrogen-bond acceptors (Lipinski definition) is 5. The molecule has 1 N–H and O–H groups in total. The smallest absolute Gasteiger partial charge is 0.277 e. The topological polar surface area (TPSA) is 69.2 Å². The maximum atomic E-state index is 12.0. The zero-order chi connectivity index (χ0) is 22.1. The number of hydrogen-bond donors (Lipinski definition) is 1. The third-order valence-corrected chi connectivity index (χ3v) is 4.92. The Morgan fingerprint density at radius 3 is 2.52 bits per heavy atom. The Morgan fingerprint density at radius 1 is 1.03 bits per heavy atom. The predicted octanol–water partition coefficient (Wildman–Crippen LogP) is 4.87. The summed E-state index contributed by atoms with van der Waals surface area (Å²) in [6, 6.07) is 21.0. The van der Waals surface area contributed by atoms with E-state index in [1.807, 2.05) is 67.6 Å². The first-order valence-corrected chi connectivity index (χ1v) is 10.4. The van der Waals surface area contributed by atoms with Gasteiger partial charge in [-0.2, -0.15) is 5.10 Å². The van der Waals surface area contributed by atoms with Gasteiger partial charge in [0.25, 0.3) is 5.91 Å². The summed E-state index contributed by atoms with van der Waals surface area (Å²) in [7, 11) is 1.57. The van der Waals surface area contributed by atoms with E-state index in [2.05, 4.69) is 26.5 Å². The number of hydrazone groups is 1. The monoisotopic (exact) mass is 482 g/mol. The number of rotatable bonds is 9. The van der Waals surface area contributed by atoms with Gasteiger partial charge in [-0.1, -0.05) is 48.5 Å². The van der Waals surface area contributed by atoms with Gasteiger partial charge in [0, 0.05) is 0 Å². The standard InChI is InChI=1S/C24H23BrN2O4/c1-17-8-6-7-11-21(17)30-16-23(28)27-26-14-19-12-20(25)24(22(13-19)29-2)31-15-18-9-4-3-5-10-18/h3-14H,15-16H2,1-2H3,(H,27,28)/b26-14+. The summed E-state index contributed by atoms with van der Waals surface area (Å²) in [6.07, 6.45) is 1.53. The van der Waals surface area contributed by atoms with Crippen molar-refractivity contribution >= 4 is 28.1 Å². The molecule has 0 aliphatic heterocycles. The molecule has 0 atom stereocenters. The van der Waals surface area contributed by atoms with Crippen LogP contribution < -0.4 is 19.6 Å². The second-order valence-electron chi connectivity index (χ2n) is 6.66. The lowest BCUT2D eigenvalue weighted by molar-refractivity contribution is -0.123. The minimum atomic E-state index is -0.353. The van der Waals surface area contributed by atoms with Crippen molar-refractivity contribution in [1.82, 2.24) is 5.43 Å². The number of nitrogens with zero attached hydrogens (tertiary/aromatic N) is 1. The minimum Gasteiger partial charge on any atom is -0.493 e. The third kappa shape index (κ3) is 6.58. The molecule has 6 nitrogen and oxygen atoms in total. The lowest BCUT2D eigenvalue weighted by atomic mass is 10.2. The molecule has 31 heavy (non-hydrogen) atoms. The molecule has 0 heterocycles. The molecule has 0 saturated carbocycles. The van der Waals surface area contributed by atoms with Crippen LogP contribution in [0.3, 0.4) is 0 Å².